The summed E-state index contributed by atoms with van der Waals surface area (Å²) in [6, 6.07) is 1.12. The Bertz CT molecular complexity index is 599. The smallest absolute Gasteiger partial charge is 0.338 e. The molecule has 0 amide bonds. The zero-order valence-corrected chi connectivity index (χ0v) is 10.2. The lowest BCUT2D eigenvalue weighted by atomic mass is 10.2. The van der Waals surface area contributed by atoms with Crippen molar-refractivity contribution in [1.82, 2.24) is 19.7 Å². The molecule has 2 rings (SSSR count). The van der Waals surface area contributed by atoms with E-state index in [9.17, 15) is 9.18 Å². The molecule has 19 heavy (non-hydrogen) atoms. The lowest BCUT2D eigenvalue weighted by Crippen LogP contribution is -2.12. The molecule has 0 saturated heterocycles. The number of aromatic nitrogens is 4. The van der Waals surface area contributed by atoms with Gasteiger partial charge in [0.05, 0.1) is 0 Å². The summed E-state index contributed by atoms with van der Waals surface area (Å²) in [7, 11) is 1.80. The summed E-state index contributed by atoms with van der Waals surface area (Å²) in [5.41, 5.74) is -0.406. The summed E-state index contributed by atoms with van der Waals surface area (Å²) in [4.78, 5) is 14.5. The van der Waals surface area contributed by atoms with Crippen LogP contribution in [0.15, 0.2) is 18.6 Å². The predicted octanol–water partition coefficient (Wildman–Crippen LogP) is 0.702. The minimum Gasteiger partial charge on any atom is -0.478 e. The average molecular weight is 265 g/mol. The van der Waals surface area contributed by atoms with Crippen LogP contribution in [0.4, 0.5) is 10.2 Å². The van der Waals surface area contributed by atoms with Gasteiger partial charge in [-0.25, -0.2) is 14.2 Å². The Balaban J connectivity index is 2.02. The van der Waals surface area contributed by atoms with E-state index in [0.29, 0.717) is 13.0 Å². The van der Waals surface area contributed by atoms with Crippen molar-refractivity contribution in [3.63, 3.8) is 0 Å². The highest BCUT2D eigenvalue weighted by molar-refractivity contribution is 5.88. The fourth-order valence-electron chi connectivity index (χ4n) is 1.56. The van der Waals surface area contributed by atoms with E-state index in [0.717, 1.165) is 11.9 Å². The van der Waals surface area contributed by atoms with Crippen molar-refractivity contribution in [1.29, 1.82) is 0 Å². The first-order chi connectivity index (χ1) is 9.09. The molecular formula is C11H12FN5O2. The molecule has 2 heterocycles. The van der Waals surface area contributed by atoms with Crippen LogP contribution in [0.3, 0.4) is 0 Å². The van der Waals surface area contributed by atoms with Gasteiger partial charge in [-0.2, -0.15) is 0 Å². The number of aromatic carboxylic acids is 1. The second-order valence-electron chi connectivity index (χ2n) is 3.86. The topological polar surface area (TPSA) is 92.9 Å². The fourth-order valence-corrected chi connectivity index (χ4v) is 1.56. The molecule has 0 aliphatic carbocycles. The monoisotopic (exact) mass is 265 g/mol. The van der Waals surface area contributed by atoms with E-state index in [4.69, 9.17) is 5.11 Å². The molecule has 0 fully saturated rings. The summed E-state index contributed by atoms with van der Waals surface area (Å²) in [5, 5.41) is 19.1. The van der Waals surface area contributed by atoms with Crippen molar-refractivity contribution in [2.45, 2.75) is 6.42 Å². The van der Waals surface area contributed by atoms with Gasteiger partial charge in [-0.15, -0.1) is 10.2 Å². The van der Waals surface area contributed by atoms with Gasteiger partial charge in [0.25, 0.3) is 0 Å². The minimum absolute atomic E-state index is 0.0814. The largest absolute Gasteiger partial charge is 0.478 e. The van der Waals surface area contributed by atoms with Gasteiger partial charge in [-0.3, -0.25) is 0 Å². The Morgan fingerprint density at radius 3 is 3.00 bits per heavy atom. The first-order valence-corrected chi connectivity index (χ1v) is 5.54. The summed E-state index contributed by atoms with van der Waals surface area (Å²) in [6.07, 6.45) is 3.34. The zero-order valence-electron chi connectivity index (χ0n) is 10.2. The first kappa shape index (κ1) is 12.9. The van der Waals surface area contributed by atoms with Crippen LogP contribution >= 0.6 is 0 Å². The van der Waals surface area contributed by atoms with E-state index in [-0.39, 0.29) is 5.82 Å². The van der Waals surface area contributed by atoms with Crippen LogP contribution < -0.4 is 5.32 Å². The van der Waals surface area contributed by atoms with Crippen molar-refractivity contribution in [2.24, 2.45) is 7.05 Å². The highest BCUT2D eigenvalue weighted by atomic mass is 19.1. The third-order valence-corrected chi connectivity index (χ3v) is 2.57. The summed E-state index contributed by atoms with van der Waals surface area (Å²) < 4.78 is 15.5. The first-order valence-electron chi connectivity index (χ1n) is 5.54. The minimum atomic E-state index is -1.32. The lowest BCUT2D eigenvalue weighted by Gasteiger charge is -2.07. The number of halogens is 1. The Morgan fingerprint density at radius 2 is 2.37 bits per heavy atom. The van der Waals surface area contributed by atoms with E-state index >= 15 is 0 Å². The number of anilines is 1. The highest BCUT2D eigenvalue weighted by Gasteiger charge is 2.14. The Hall–Kier alpha value is -2.51. The van der Waals surface area contributed by atoms with E-state index in [2.05, 4.69) is 20.5 Å². The molecule has 8 heteroatoms. The van der Waals surface area contributed by atoms with Crippen LogP contribution in [0.5, 0.6) is 0 Å². The van der Waals surface area contributed by atoms with Gasteiger partial charge in [0.2, 0.25) is 0 Å². The molecule has 2 aromatic rings. The van der Waals surface area contributed by atoms with Crippen LogP contribution in [-0.4, -0.2) is 37.4 Å². The van der Waals surface area contributed by atoms with Gasteiger partial charge in [-0.05, 0) is 6.07 Å². The maximum atomic E-state index is 13.7. The van der Waals surface area contributed by atoms with E-state index in [1.54, 1.807) is 17.9 Å². The summed E-state index contributed by atoms with van der Waals surface area (Å²) >= 11 is 0. The van der Waals surface area contributed by atoms with Gasteiger partial charge in [0.15, 0.2) is 11.6 Å². The maximum absolute atomic E-state index is 13.7. The number of hydrogen-bond acceptors (Lipinski definition) is 5. The molecule has 7 nitrogen and oxygen atoms in total. The molecule has 0 aromatic carbocycles. The number of carboxylic acids is 1. The second kappa shape index (κ2) is 5.42. The molecule has 2 aromatic heterocycles. The molecule has 0 spiro atoms. The molecule has 2 N–H and O–H groups in total. The summed E-state index contributed by atoms with van der Waals surface area (Å²) in [6.45, 7) is 0.375. The van der Waals surface area contributed by atoms with E-state index in [1.165, 1.54) is 6.20 Å². The molecule has 0 atom stereocenters. The number of carboxylic acid groups (broad SMARTS) is 1. The third kappa shape index (κ3) is 2.84. The van der Waals surface area contributed by atoms with E-state index in [1.807, 2.05) is 0 Å². The summed E-state index contributed by atoms with van der Waals surface area (Å²) in [5.74, 6) is -1.53. The van der Waals surface area contributed by atoms with Gasteiger partial charge in [0.1, 0.15) is 17.7 Å². The number of aryl methyl sites for hydroxylation is 1. The van der Waals surface area contributed by atoms with Crippen LogP contribution in [0.1, 0.15) is 16.2 Å². The van der Waals surface area contributed by atoms with Crippen molar-refractivity contribution in [2.75, 3.05) is 11.9 Å². The van der Waals surface area contributed by atoms with Gasteiger partial charge in [-0.1, -0.05) is 0 Å². The quantitative estimate of drug-likeness (QED) is 0.826. The Kier molecular flexibility index (Phi) is 3.69. The number of nitrogens with zero attached hydrogens (tertiary/aromatic N) is 4. The maximum Gasteiger partial charge on any atom is 0.338 e. The molecule has 0 unspecified atom stereocenters. The molecule has 0 aliphatic heterocycles. The van der Waals surface area contributed by atoms with Gasteiger partial charge < -0.3 is 15.0 Å². The predicted molar refractivity (Wildman–Crippen MR) is 64.4 cm³/mol. The Morgan fingerprint density at radius 1 is 1.58 bits per heavy atom. The highest BCUT2D eigenvalue weighted by Crippen LogP contribution is 2.14. The second-order valence-corrected chi connectivity index (χ2v) is 3.86. The van der Waals surface area contributed by atoms with Crippen LogP contribution in [0.25, 0.3) is 0 Å². The SMILES string of the molecule is Cn1cnnc1CCNc1nccc(C(=O)O)c1F. The van der Waals surface area contributed by atoms with Crippen LogP contribution in [0, 0.1) is 5.82 Å². The number of nitrogens with one attached hydrogen (secondary N) is 1. The lowest BCUT2D eigenvalue weighted by molar-refractivity contribution is 0.0692. The van der Waals surface area contributed by atoms with Crippen molar-refractivity contribution in [3.8, 4) is 0 Å². The number of rotatable bonds is 5. The van der Waals surface area contributed by atoms with Crippen molar-refractivity contribution in [3.05, 3.63) is 35.8 Å². The zero-order chi connectivity index (χ0) is 13.8. The average Bonchev–Trinajstić information content (AvgIpc) is 2.77. The van der Waals surface area contributed by atoms with Crippen LogP contribution in [-0.2, 0) is 13.5 Å². The molecule has 0 aliphatic rings. The van der Waals surface area contributed by atoms with Crippen molar-refractivity contribution < 1.29 is 14.3 Å². The number of hydrogen-bond donors (Lipinski definition) is 2. The van der Waals surface area contributed by atoms with Gasteiger partial charge >= 0.3 is 5.97 Å². The van der Waals surface area contributed by atoms with Crippen molar-refractivity contribution >= 4 is 11.8 Å². The Labute approximate surface area is 108 Å². The molecular weight excluding hydrogens is 253 g/mol. The van der Waals surface area contributed by atoms with E-state index < -0.39 is 17.3 Å². The normalized spacial score (nSPS) is 10.4. The molecule has 0 saturated carbocycles. The number of carbonyl (C=O) groups is 1. The van der Waals surface area contributed by atoms with Crippen LogP contribution in [0.2, 0.25) is 0 Å². The number of pyridine rings is 1. The molecule has 0 radical (unpaired) electrons. The molecule has 0 bridgehead atoms. The van der Waals surface area contributed by atoms with Gasteiger partial charge in [0, 0.05) is 26.2 Å². The molecule has 100 valence electrons. The third-order valence-electron chi connectivity index (χ3n) is 2.57. The standard InChI is InChI=1S/C11H12FN5O2/c1-17-6-15-16-8(17)3-5-14-10-9(12)7(11(18)19)2-4-13-10/h2,4,6H,3,5H2,1H3,(H,13,14)(H,18,19). The fraction of sp³-hybridized carbons (Fsp3) is 0.273.